The summed E-state index contributed by atoms with van der Waals surface area (Å²) in [5.74, 6) is 0.0871. The van der Waals surface area contributed by atoms with Crippen molar-refractivity contribution in [3.05, 3.63) is 100 Å². The Morgan fingerprint density at radius 3 is 2.30 bits per heavy atom. The molecule has 1 aliphatic carbocycles. The van der Waals surface area contributed by atoms with Crippen molar-refractivity contribution in [1.82, 2.24) is 0 Å². The Labute approximate surface area is 160 Å². The summed E-state index contributed by atoms with van der Waals surface area (Å²) < 4.78 is 14.2. The number of hydrogen-bond acceptors (Lipinski definition) is 1. The van der Waals surface area contributed by atoms with Gasteiger partial charge in [0.05, 0.1) is 0 Å². The number of benzene rings is 3. The van der Waals surface area contributed by atoms with Crippen LogP contribution in [0.1, 0.15) is 65.8 Å². The highest BCUT2D eigenvalue weighted by Crippen LogP contribution is 2.47. The highest BCUT2D eigenvalue weighted by molar-refractivity contribution is 5.48. The first kappa shape index (κ1) is 17.8. The quantitative estimate of drug-likeness (QED) is 0.564. The van der Waals surface area contributed by atoms with Crippen molar-refractivity contribution in [2.45, 2.75) is 44.4 Å². The normalized spacial score (nSPS) is 19.1. The molecule has 138 valence electrons. The molecule has 0 fully saturated rings. The van der Waals surface area contributed by atoms with Gasteiger partial charge in [-0.15, -0.1) is 0 Å². The fourth-order valence-electron chi connectivity index (χ4n) is 4.38. The summed E-state index contributed by atoms with van der Waals surface area (Å²) in [6.45, 7) is 4.38. The summed E-state index contributed by atoms with van der Waals surface area (Å²) in [7, 11) is 0. The molecule has 0 amide bonds. The maximum Gasteiger partial charge on any atom is 0.165 e. The van der Waals surface area contributed by atoms with Crippen molar-refractivity contribution >= 4 is 0 Å². The van der Waals surface area contributed by atoms with E-state index in [1.807, 2.05) is 6.07 Å². The first-order chi connectivity index (χ1) is 13.0. The zero-order valence-corrected chi connectivity index (χ0v) is 15.8. The molecule has 0 spiro atoms. The van der Waals surface area contributed by atoms with Gasteiger partial charge in [0.1, 0.15) is 0 Å². The Morgan fingerprint density at radius 1 is 0.926 bits per heavy atom. The van der Waals surface area contributed by atoms with E-state index in [4.69, 9.17) is 0 Å². The summed E-state index contributed by atoms with van der Waals surface area (Å²) in [6.07, 6.45) is 1.84. The number of phenols is 1. The lowest BCUT2D eigenvalue weighted by Gasteiger charge is -2.35. The minimum absolute atomic E-state index is 0.0902. The van der Waals surface area contributed by atoms with E-state index < -0.39 is 5.82 Å². The van der Waals surface area contributed by atoms with E-state index in [1.54, 1.807) is 12.1 Å². The zero-order chi connectivity index (χ0) is 19.0. The lowest BCUT2D eigenvalue weighted by molar-refractivity contribution is 0.426. The van der Waals surface area contributed by atoms with Gasteiger partial charge in [-0.1, -0.05) is 68.4 Å². The summed E-state index contributed by atoms with van der Waals surface area (Å²) in [5, 5.41) is 9.84. The third-order valence-electron chi connectivity index (χ3n) is 5.86. The lowest BCUT2D eigenvalue weighted by Crippen LogP contribution is -2.21. The number of hydrogen-bond donors (Lipinski definition) is 1. The van der Waals surface area contributed by atoms with Gasteiger partial charge in [-0.2, -0.15) is 0 Å². The molecule has 0 aromatic heterocycles. The topological polar surface area (TPSA) is 20.2 Å². The van der Waals surface area contributed by atoms with Crippen molar-refractivity contribution in [1.29, 1.82) is 0 Å². The minimum atomic E-state index is -0.536. The Morgan fingerprint density at radius 2 is 1.63 bits per heavy atom. The van der Waals surface area contributed by atoms with Gasteiger partial charge in [-0.05, 0) is 64.6 Å². The van der Waals surface area contributed by atoms with Gasteiger partial charge in [-0.3, -0.25) is 0 Å². The number of aryl methyl sites for hydroxylation is 1. The maximum absolute atomic E-state index is 14.2. The fourth-order valence-corrected chi connectivity index (χ4v) is 4.38. The van der Waals surface area contributed by atoms with E-state index in [0.717, 1.165) is 24.0 Å². The van der Waals surface area contributed by atoms with Crippen LogP contribution >= 0.6 is 0 Å². The van der Waals surface area contributed by atoms with Crippen LogP contribution < -0.4 is 0 Å². The van der Waals surface area contributed by atoms with E-state index in [-0.39, 0.29) is 11.7 Å². The van der Waals surface area contributed by atoms with Crippen LogP contribution in [-0.2, 0) is 6.42 Å². The molecule has 0 radical (unpaired) electrons. The summed E-state index contributed by atoms with van der Waals surface area (Å²) in [6, 6.07) is 22.4. The summed E-state index contributed by atoms with van der Waals surface area (Å²) in [5.41, 5.74) is 5.86. The highest BCUT2D eigenvalue weighted by atomic mass is 19.1. The summed E-state index contributed by atoms with van der Waals surface area (Å²) in [4.78, 5) is 0. The van der Waals surface area contributed by atoms with Gasteiger partial charge in [0.15, 0.2) is 11.6 Å². The Balaban J connectivity index is 1.85. The fraction of sp³-hybridized carbons (Fsp3) is 0.280. The molecule has 1 N–H and O–H groups in total. The van der Waals surface area contributed by atoms with Crippen LogP contribution in [0.4, 0.5) is 4.39 Å². The molecule has 0 heterocycles. The smallest absolute Gasteiger partial charge is 0.165 e. The third-order valence-corrected chi connectivity index (χ3v) is 5.86. The van der Waals surface area contributed by atoms with Crippen LogP contribution in [0, 0.1) is 5.82 Å². The van der Waals surface area contributed by atoms with Crippen LogP contribution in [0.15, 0.2) is 66.7 Å². The molecule has 4 rings (SSSR count). The van der Waals surface area contributed by atoms with Gasteiger partial charge in [0.2, 0.25) is 0 Å². The van der Waals surface area contributed by atoms with E-state index in [0.29, 0.717) is 11.8 Å². The van der Waals surface area contributed by atoms with Gasteiger partial charge in [-0.25, -0.2) is 4.39 Å². The van der Waals surface area contributed by atoms with Crippen LogP contribution in [0.3, 0.4) is 0 Å². The molecule has 3 aromatic rings. The second-order valence-corrected chi connectivity index (χ2v) is 7.86. The summed E-state index contributed by atoms with van der Waals surface area (Å²) >= 11 is 0. The average molecular weight is 360 g/mol. The molecule has 0 saturated carbocycles. The zero-order valence-electron chi connectivity index (χ0n) is 15.8. The molecule has 2 atom stereocenters. The van der Waals surface area contributed by atoms with Crippen LogP contribution in [0.2, 0.25) is 0 Å². The third kappa shape index (κ3) is 3.37. The highest BCUT2D eigenvalue weighted by Gasteiger charge is 2.33. The predicted molar refractivity (Wildman–Crippen MR) is 108 cm³/mol. The Hall–Kier alpha value is -2.61. The predicted octanol–water partition coefficient (Wildman–Crippen LogP) is 6.52. The first-order valence-electron chi connectivity index (χ1n) is 9.70. The monoisotopic (exact) mass is 360 g/mol. The molecule has 0 saturated heterocycles. The van der Waals surface area contributed by atoms with Crippen LogP contribution in [-0.4, -0.2) is 5.11 Å². The Kier molecular flexibility index (Phi) is 4.73. The first-order valence-corrected chi connectivity index (χ1v) is 9.70. The lowest BCUT2D eigenvalue weighted by atomic mass is 9.69. The number of phenolic OH excluding ortho intramolecular Hbond substituents is 1. The molecule has 1 aliphatic rings. The standard InChI is InChI=1S/C25H25FO/c1-16(2)17-8-10-19(11-9-17)25-21(18-6-4-3-5-7-18)13-12-20-14-24(27)23(26)15-22(20)25/h3-11,14-16,21,25,27H,12-13H2,1-2H3/t21-,25+/m1/s1. The molecule has 27 heavy (non-hydrogen) atoms. The SMILES string of the molecule is CC(C)c1ccc([C@@H]2c3cc(F)c(O)cc3CC[C@@H]2c2ccccc2)cc1. The molecule has 2 heteroatoms. The average Bonchev–Trinajstić information content (AvgIpc) is 2.69. The minimum Gasteiger partial charge on any atom is -0.505 e. The number of fused-ring (bicyclic) bond motifs is 1. The van der Waals surface area contributed by atoms with Crippen molar-refractivity contribution < 1.29 is 9.50 Å². The Bertz CT molecular complexity index is 929. The largest absolute Gasteiger partial charge is 0.505 e. The number of rotatable bonds is 3. The van der Waals surface area contributed by atoms with Crippen LogP contribution in [0.5, 0.6) is 5.75 Å². The van der Waals surface area contributed by atoms with E-state index in [9.17, 15) is 9.50 Å². The molecule has 0 aliphatic heterocycles. The van der Waals surface area contributed by atoms with E-state index in [1.165, 1.54) is 16.7 Å². The molecule has 1 nitrogen and oxygen atoms in total. The van der Waals surface area contributed by atoms with E-state index in [2.05, 4.69) is 62.4 Å². The number of halogens is 1. The number of aromatic hydroxyl groups is 1. The second kappa shape index (κ2) is 7.19. The molecular formula is C25H25FO. The molecule has 3 aromatic carbocycles. The van der Waals surface area contributed by atoms with Crippen molar-refractivity contribution in [2.24, 2.45) is 0 Å². The molecule has 0 unspecified atom stereocenters. The van der Waals surface area contributed by atoms with E-state index >= 15 is 0 Å². The van der Waals surface area contributed by atoms with Crippen molar-refractivity contribution in [3.63, 3.8) is 0 Å². The second-order valence-electron chi connectivity index (χ2n) is 7.86. The van der Waals surface area contributed by atoms with Crippen molar-refractivity contribution in [2.75, 3.05) is 0 Å². The van der Waals surface area contributed by atoms with Gasteiger partial charge in [0.25, 0.3) is 0 Å². The molecular weight excluding hydrogens is 335 g/mol. The van der Waals surface area contributed by atoms with Gasteiger partial charge in [0, 0.05) is 5.92 Å². The van der Waals surface area contributed by atoms with Gasteiger partial charge < -0.3 is 5.11 Å². The molecule has 0 bridgehead atoms. The van der Waals surface area contributed by atoms with Crippen LogP contribution in [0.25, 0.3) is 0 Å². The van der Waals surface area contributed by atoms with Gasteiger partial charge >= 0.3 is 0 Å². The van der Waals surface area contributed by atoms with Crippen molar-refractivity contribution in [3.8, 4) is 5.75 Å². The maximum atomic E-state index is 14.2.